The van der Waals surface area contributed by atoms with E-state index in [1.807, 2.05) is 0 Å². The van der Waals surface area contributed by atoms with Gasteiger partial charge in [0.2, 0.25) is 0 Å². The number of nitrogens with one attached hydrogen (secondary N) is 2. The molecule has 0 saturated heterocycles. The fraction of sp³-hybridized carbons (Fsp3) is 1.00. The van der Waals surface area contributed by atoms with Crippen molar-refractivity contribution in [3.05, 3.63) is 0 Å². The predicted molar refractivity (Wildman–Crippen MR) is 94.7 cm³/mol. The summed E-state index contributed by atoms with van der Waals surface area (Å²) in [6, 6.07) is 1.35. The minimum atomic E-state index is 0.505. The lowest BCUT2D eigenvalue weighted by Crippen LogP contribution is -2.36. The third kappa shape index (κ3) is 4.96. The van der Waals surface area contributed by atoms with Gasteiger partial charge in [-0.1, -0.05) is 54.4 Å². The van der Waals surface area contributed by atoms with Gasteiger partial charge in [0.15, 0.2) is 0 Å². The van der Waals surface area contributed by atoms with Gasteiger partial charge >= 0.3 is 0 Å². The summed E-state index contributed by atoms with van der Waals surface area (Å²) in [4.78, 5) is 0. The van der Waals surface area contributed by atoms with E-state index < -0.39 is 0 Å². The van der Waals surface area contributed by atoms with Crippen LogP contribution >= 0.6 is 0 Å². The second-order valence-corrected chi connectivity index (χ2v) is 7.79. The van der Waals surface area contributed by atoms with E-state index in [9.17, 15) is 0 Å². The summed E-state index contributed by atoms with van der Waals surface area (Å²) in [7, 11) is 0. The molecule has 0 bridgehead atoms. The molecule has 1 saturated carbocycles. The third-order valence-corrected chi connectivity index (χ3v) is 6.43. The average Bonchev–Trinajstić information content (AvgIpc) is 3.06. The van der Waals surface area contributed by atoms with Gasteiger partial charge < -0.3 is 10.6 Å². The van der Waals surface area contributed by atoms with Gasteiger partial charge in [0.25, 0.3) is 0 Å². The maximum atomic E-state index is 3.92. The zero-order chi connectivity index (χ0) is 16.0. The molecule has 21 heavy (non-hydrogen) atoms. The molecule has 2 heteroatoms. The van der Waals surface area contributed by atoms with Crippen LogP contribution in [-0.2, 0) is 0 Å². The molecule has 6 atom stereocenters. The van der Waals surface area contributed by atoms with Gasteiger partial charge in [-0.2, -0.15) is 0 Å². The fourth-order valence-corrected chi connectivity index (χ4v) is 3.41. The fourth-order valence-electron chi connectivity index (χ4n) is 3.41. The van der Waals surface area contributed by atoms with Crippen molar-refractivity contribution in [2.45, 2.75) is 86.2 Å². The summed E-state index contributed by atoms with van der Waals surface area (Å²) in [5.41, 5.74) is 0.505. The van der Waals surface area contributed by atoms with Gasteiger partial charge in [-0.25, -0.2) is 0 Å². The Morgan fingerprint density at radius 2 is 1.71 bits per heavy atom. The molecule has 0 aliphatic heterocycles. The van der Waals surface area contributed by atoms with Gasteiger partial charge in [-0.15, -0.1) is 0 Å². The summed E-state index contributed by atoms with van der Waals surface area (Å²) in [5, 5.41) is 7.63. The van der Waals surface area contributed by atoms with E-state index in [2.05, 4.69) is 59.1 Å². The van der Waals surface area contributed by atoms with E-state index in [-0.39, 0.29) is 0 Å². The molecule has 126 valence electrons. The molecule has 0 aromatic carbocycles. The summed E-state index contributed by atoms with van der Waals surface area (Å²) in [6.45, 7) is 18.8. The van der Waals surface area contributed by atoms with Crippen molar-refractivity contribution in [1.29, 1.82) is 0 Å². The standard InChI is InChI=1S/C19H40N2/c1-8-14(4)11-12-20-13-17-18(19(17,7)10-3)21-16(6)15(5)9-2/h14-18,20-21H,8-13H2,1-7H3. The van der Waals surface area contributed by atoms with Gasteiger partial charge in [0, 0.05) is 18.6 Å². The predicted octanol–water partition coefficient (Wildman–Crippen LogP) is 4.45. The molecule has 1 fully saturated rings. The first kappa shape index (κ1) is 19.0. The van der Waals surface area contributed by atoms with Crippen molar-refractivity contribution in [2.75, 3.05) is 13.1 Å². The van der Waals surface area contributed by atoms with Gasteiger partial charge in [0.1, 0.15) is 0 Å². The monoisotopic (exact) mass is 296 g/mol. The molecule has 0 aromatic rings. The highest BCUT2D eigenvalue weighted by molar-refractivity contribution is 5.14. The summed E-state index contributed by atoms with van der Waals surface area (Å²) in [5.74, 6) is 2.44. The Balaban J connectivity index is 2.36. The highest BCUT2D eigenvalue weighted by Gasteiger charge is 2.59. The Bertz CT molecular complexity index is 291. The first-order chi connectivity index (χ1) is 9.90. The molecule has 2 N–H and O–H groups in total. The van der Waals surface area contributed by atoms with Crippen LogP contribution in [0.15, 0.2) is 0 Å². The van der Waals surface area contributed by atoms with Crippen LogP contribution in [0.5, 0.6) is 0 Å². The van der Waals surface area contributed by atoms with E-state index in [1.54, 1.807) is 0 Å². The Morgan fingerprint density at radius 3 is 2.24 bits per heavy atom. The van der Waals surface area contributed by atoms with Crippen molar-refractivity contribution in [1.82, 2.24) is 10.6 Å². The van der Waals surface area contributed by atoms with Crippen LogP contribution in [0, 0.1) is 23.2 Å². The van der Waals surface area contributed by atoms with Crippen LogP contribution in [0.4, 0.5) is 0 Å². The largest absolute Gasteiger partial charge is 0.316 e. The summed E-state index contributed by atoms with van der Waals surface area (Å²) < 4.78 is 0. The van der Waals surface area contributed by atoms with Crippen LogP contribution < -0.4 is 10.6 Å². The summed E-state index contributed by atoms with van der Waals surface area (Å²) >= 11 is 0. The molecule has 0 heterocycles. The van der Waals surface area contributed by atoms with Gasteiger partial charge in [-0.05, 0) is 49.5 Å². The zero-order valence-electron chi connectivity index (χ0n) is 15.6. The average molecular weight is 297 g/mol. The molecule has 2 nitrogen and oxygen atoms in total. The lowest BCUT2D eigenvalue weighted by Gasteiger charge is -2.21. The molecule has 6 unspecified atom stereocenters. The van der Waals surface area contributed by atoms with Crippen LogP contribution in [0.1, 0.15) is 74.1 Å². The number of hydrogen-bond donors (Lipinski definition) is 2. The molecule has 0 amide bonds. The highest BCUT2D eigenvalue weighted by atomic mass is 15.1. The third-order valence-electron chi connectivity index (χ3n) is 6.43. The quantitative estimate of drug-likeness (QED) is 0.550. The van der Waals surface area contributed by atoms with Gasteiger partial charge in [-0.3, -0.25) is 0 Å². The number of hydrogen-bond acceptors (Lipinski definition) is 2. The number of rotatable bonds is 11. The molecule has 0 radical (unpaired) electrons. The lowest BCUT2D eigenvalue weighted by atomic mass is 9.99. The molecule has 0 aromatic heterocycles. The smallest absolute Gasteiger partial charge is 0.0173 e. The maximum absolute atomic E-state index is 3.92. The molecular formula is C19H40N2. The van der Waals surface area contributed by atoms with Crippen molar-refractivity contribution in [3.63, 3.8) is 0 Å². The molecule has 0 spiro atoms. The second-order valence-electron chi connectivity index (χ2n) is 7.79. The normalized spacial score (nSPS) is 32.7. The van der Waals surface area contributed by atoms with E-state index in [1.165, 1.54) is 38.8 Å². The van der Waals surface area contributed by atoms with E-state index in [0.29, 0.717) is 17.5 Å². The van der Waals surface area contributed by atoms with Crippen LogP contribution in [0.3, 0.4) is 0 Å². The molecule has 1 aliphatic carbocycles. The zero-order valence-corrected chi connectivity index (χ0v) is 15.6. The minimum Gasteiger partial charge on any atom is -0.316 e. The SMILES string of the molecule is CCC(C)CCNCC1C(NC(C)C(C)CC)C1(C)CC. The van der Waals surface area contributed by atoms with E-state index in [4.69, 9.17) is 0 Å². The Kier molecular flexibility index (Phi) is 7.70. The first-order valence-corrected chi connectivity index (χ1v) is 9.37. The van der Waals surface area contributed by atoms with Crippen molar-refractivity contribution < 1.29 is 0 Å². The first-order valence-electron chi connectivity index (χ1n) is 9.37. The van der Waals surface area contributed by atoms with Crippen molar-refractivity contribution in [2.24, 2.45) is 23.2 Å². The van der Waals surface area contributed by atoms with Crippen LogP contribution in [-0.4, -0.2) is 25.2 Å². The van der Waals surface area contributed by atoms with E-state index in [0.717, 1.165) is 17.8 Å². The Morgan fingerprint density at radius 1 is 1.05 bits per heavy atom. The Labute approximate surface area is 133 Å². The lowest BCUT2D eigenvalue weighted by molar-refractivity contribution is 0.360. The Hall–Kier alpha value is -0.0800. The highest BCUT2D eigenvalue weighted by Crippen LogP contribution is 2.54. The topological polar surface area (TPSA) is 24.1 Å². The van der Waals surface area contributed by atoms with Crippen molar-refractivity contribution >= 4 is 0 Å². The van der Waals surface area contributed by atoms with Gasteiger partial charge in [0.05, 0.1) is 0 Å². The maximum Gasteiger partial charge on any atom is 0.0173 e. The second kappa shape index (κ2) is 8.53. The molecular weight excluding hydrogens is 256 g/mol. The van der Waals surface area contributed by atoms with Crippen LogP contribution in [0.25, 0.3) is 0 Å². The summed E-state index contributed by atoms with van der Waals surface area (Å²) in [6.07, 6.45) is 5.17. The minimum absolute atomic E-state index is 0.505. The molecule has 1 rings (SSSR count). The van der Waals surface area contributed by atoms with Crippen molar-refractivity contribution in [3.8, 4) is 0 Å². The van der Waals surface area contributed by atoms with Crippen LogP contribution in [0.2, 0.25) is 0 Å². The molecule has 1 aliphatic rings. The van der Waals surface area contributed by atoms with E-state index >= 15 is 0 Å².